The first-order valence-corrected chi connectivity index (χ1v) is 10.5. The molecule has 0 unspecified atom stereocenters. The molecule has 1 aliphatic rings. The van der Waals surface area contributed by atoms with E-state index in [2.05, 4.69) is 16.0 Å². The molecule has 7 amide bonds. The number of amides is 7. The molecular formula is C19H31N7O8. The number of rotatable bonds is 13. The lowest BCUT2D eigenvalue weighted by Crippen LogP contribution is -2.58. The quantitative estimate of drug-likeness (QED) is 0.133. The van der Waals surface area contributed by atoms with Crippen molar-refractivity contribution in [3.05, 3.63) is 0 Å². The van der Waals surface area contributed by atoms with Crippen molar-refractivity contribution in [3.8, 4) is 0 Å². The average molecular weight is 485 g/mol. The summed E-state index contributed by atoms with van der Waals surface area (Å²) in [6, 6.07) is -5.08. The molecule has 1 fully saturated rings. The second-order valence-corrected chi connectivity index (χ2v) is 7.83. The van der Waals surface area contributed by atoms with Gasteiger partial charge in [0.25, 0.3) is 0 Å². The van der Waals surface area contributed by atoms with Crippen LogP contribution < -0.4 is 33.2 Å². The van der Waals surface area contributed by atoms with Crippen LogP contribution in [-0.4, -0.2) is 88.7 Å². The Balaban J connectivity index is 2.96. The highest BCUT2D eigenvalue weighted by Gasteiger charge is 2.39. The Morgan fingerprint density at radius 1 is 0.941 bits per heavy atom. The van der Waals surface area contributed by atoms with E-state index >= 15 is 0 Å². The van der Waals surface area contributed by atoms with Crippen LogP contribution in [0.25, 0.3) is 0 Å². The molecule has 0 aromatic carbocycles. The highest BCUT2D eigenvalue weighted by molar-refractivity contribution is 5.97. The van der Waals surface area contributed by atoms with Gasteiger partial charge in [0.1, 0.15) is 24.2 Å². The van der Waals surface area contributed by atoms with Crippen molar-refractivity contribution in [3.63, 3.8) is 0 Å². The number of nitrogens with one attached hydrogen (secondary N) is 3. The predicted molar refractivity (Wildman–Crippen MR) is 115 cm³/mol. The number of carbonyl (C=O) groups is 7. The Hall–Kier alpha value is -3.75. The number of nitrogens with zero attached hydrogens (tertiary/aromatic N) is 1. The number of likely N-dealkylation sites (tertiary alicyclic amines) is 1. The van der Waals surface area contributed by atoms with Gasteiger partial charge in [-0.3, -0.25) is 33.6 Å². The SMILES string of the molecule is CC(=O)N[C@@H](CO)C(=O)N1CCC[C@H]1C(=O)N[C@@H](CC(N)=O)C(=O)N[C@@H](CCC(N)=O)C(N)=O. The Labute approximate surface area is 195 Å². The molecule has 15 heteroatoms. The minimum absolute atomic E-state index is 0.163. The van der Waals surface area contributed by atoms with Crippen LogP contribution in [0.1, 0.15) is 39.0 Å². The number of aliphatic hydroxyl groups excluding tert-OH is 1. The standard InChI is InChI=1S/C19H31N7O8/c1-9(28)23-12(8-27)19(34)26-6-2-3-13(26)18(33)25-11(7-15(21)30)17(32)24-10(16(22)31)4-5-14(20)29/h10-13,27H,2-8H2,1H3,(H2,20,29)(H2,21,30)(H2,22,31)(H,23,28)(H,24,32)(H,25,33)/t10-,11-,12-,13-/m0/s1. The molecule has 1 saturated heterocycles. The first-order valence-electron chi connectivity index (χ1n) is 10.5. The largest absolute Gasteiger partial charge is 0.394 e. The zero-order valence-electron chi connectivity index (χ0n) is 18.7. The van der Waals surface area contributed by atoms with Crippen LogP contribution in [0.15, 0.2) is 0 Å². The van der Waals surface area contributed by atoms with Crippen LogP contribution >= 0.6 is 0 Å². The fourth-order valence-corrected chi connectivity index (χ4v) is 3.46. The Bertz CT molecular complexity index is 833. The molecule has 1 aliphatic heterocycles. The molecule has 0 aliphatic carbocycles. The summed E-state index contributed by atoms with van der Waals surface area (Å²) in [6.07, 6.45) is -0.399. The summed E-state index contributed by atoms with van der Waals surface area (Å²) >= 11 is 0. The zero-order chi connectivity index (χ0) is 26.0. The second kappa shape index (κ2) is 13.1. The van der Waals surface area contributed by atoms with Crippen LogP contribution in [0.4, 0.5) is 0 Å². The Kier molecular flexibility index (Phi) is 10.9. The van der Waals surface area contributed by atoms with E-state index in [0.717, 1.165) is 4.90 Å². The lowest BCUT2D eigenvalue weighted by molar-refractivity contribution is -0.143. The van der Waals surface area contributed by atoms with Gasteiger partial charge in [-0.15, -0.1) is 0 Å². The van der Waals surface area contributed by atoms with E-state index in [4.69, 9.17) is 17.2 Å². The van der Waals surface area contributed by atoms with Crippen LogP contribution in [0.2, 0.25) is 0 Å². The predicted octanol–water partition coefficient (Wildman–Crippen LogP) is -4.93. The Morgan fingerprint density at radius 2 is 1.59 bits per heavy atom. The molecule has 1 heterocycles. The van der Waals surface area contributed by atoms with Crippen LogP contribution in [0, 0.1) is 0 Å². The number of primary amides is 3. The molecule has 0 radical (unpaired) electrons. The third-order valence-corrected chi connectivity index (χ3v) is 5.07. The molecule has 0 bridgehead atoms. The number of hydrogen-bond acceptors (Lipinski definition) is 8. The Morgan fingerprint density at radius 3 is 2.09 bits per heavy atom. The maximum Gasteiger partial charge on any atom is 0.248 e. The summed E-state index contributed by atoms with van der Waals surface area (Å²) in [7, 11) is 0. The minimum Gasteiger partial charge on any atom is -0.394 e. The number of aliphatic hydroxyl groups is 1. The van der Waals surface area contributed by atoms with Gasteiger partial charge < -0.3 is 43.2 Å². The average Bonchev–Trinajstić information content (AvgIpc) is 3.22. The summed E-state index contributed by atoms with van der Waals surface area (Å²) in [5.41, 5.74) is 15.4. The van der Waals surface area contributed by atoms with E-state index in [-0.39, 0.29) is 25.8 Å². The van der Waals surface area contributed by atoms with Gasteiger partial charge in [0, 0.05) is 19.9 Å². The number of nitrogens with two attached hydrogens (primary N) is 3. The first-order chi connectivity index (χ1) is 15.9. The highest BCUT2D eigenvalue weighted by Crippen LogP contribution is 2.19. The van der Waals surface area contributed by atoms with Gasteiger partial charge >= 0.3 is 0 Å². The summed E-state index contributed by atoms with van der Waals surface area (Å²) in [5, 5.41) is 16.3. The molecular weight excluding hydrogens is 454 g/mol. The molecule has 190 valence electrons. The highest BCUT2D eigenvalue weighted by atomic mass is 16.3. The van der Waals surface area contributed by atoms with E-state index in [0.29, 0.717) is 6.42 Å². The molecule has 4 atom stereocenters. The molecule has 15 nitrogen and oxygen atoms in total. The van der Waals surface area contributed by atoms with Crippen LogP contribution in [-0.2, 0) is 33.6 Å². The van der Waals surface area contributed by atoms with Crippen molar-refractivity contribution in [2.75, 3.05) is 13.2 Å². The number of hydrogen-bond donors (Lipinski definition) is 7. The maximum atomic E-state index is 12.9. The topological polar surface area (TPSA) is 257 Å². The van der Waals surface area contributed by atoms with Crippen LogP contribution in [0.5, 0.6) is 0 Å². The third kappa shape index (κ3) is 8.65. The zero-order valence-corrected chi connectivity index (χ0v) is 18.7. The second-order valence-electron chi connectivity index (χ2n) is 7.83. The monoisotopic (exact) mass is 485 g/mol. The van der Waals surface area contributed by atoms with Gasteiger partial charge in [0.15, 0.2) is 0 Å². The summed E-state index contributed by atoms with van der Waals surface area (Å²) in [6.45, 7) is 0.645. The van der Waals surface area contributed by atoms with Crippen molar-refractivity contribution in [2.45, 2.75) is 63.2 Å². The maximum absolute atomic E-state index is 12.9. The van der Waals surface area contributed by atoms with Crippen molar-refractivity contribution in [2.24, 2.45) is 17.2 Å². The minimum atomic E-state index is -1.50. The van der Waals surface area contributed by atoms with Gasteiger partial charge in [0.2, 0.25) is 41.4 Å². The van der Waals surface area contributed by atoms with Gasteiger partial charge in [-0.05, 0) is 19.3 Å². The molecule has 0 aromatic rings. The molecule has 0 spiro atoms. The van der Waals surface area contributed by atoms with Gasteiger partial charge in [-0.25, -0.2) is 0 Å². The lowest BCUT2D eigenvalue weighted by Gasteiger charge is -2.29. The van der Waals surface area contributed by atoms with E-state index in [1.165, 1.54) is 6.92 Å². The normalized spacial score (nSPS) is 17.7. The fraction of sp³-hybridized carbons (Fsp3) is 0.632. The fourth-order valence-electron chi connectivity index (χ4n) is 3.46. The molecule has 1 rings (SSSR count). The molecule has 0 saturated carbocycles. The van der Waals surface area contributed by atoms with Crippen molar-refractivity contribution < 1.29 is 38.7 Å². The summed E-state index contributed by atoms with van der Waals surface area (Å²) in [4.78, 5) is 84.7. The van der Waals surface area contributed by atoms with Crippen molar-refractivity contribution in [1.82, 2.24) is 20.9 Å². The van der Waals surface area contributed by atoms with E-state index < -0.39 is 78.5 Å². The molecule has 10 N–H and O–H groups in total. The van der Waals surface area contributed by atoms with Gasteiger partial charge in [-0.1, -0.05) is 0 Å². The summed E-state index contributed by atoms with van der Waals surface area (Å²) < 4.78 is 0. The van der Waals surface area contributed by atoms with E-state index in [9.17, 15) is 38.7 Å². The molecule has 34 heavy (non-hydrogen) atoms. The van der Waals surface area contributed by atoms with Crippen LogP contribution in [0.3, 0.4) is 0 Å². The van der Waals surface area contributed by atoms with E-state index in [1.54, 1.807) is 0 Å². The van der Waals surface area contributed by atoms with Gasteiger partial charge in [0.05, 0.1) is 13.0 Å². The first kappa shape index (κ1) is 28.3. The van der Waals surface area contributed by atoms with Gasteiger partial charge in [-0.2, -0.15) is 0 Å². The van der Waals surface area contributed by atoms with Crippen molar-refractivity contribution >= 4 is 41.4 Å². The van der Waals surface area contributed by atoms with E-state index in [1.807, 2.05) is 0 Å². The number of carbonyl (C=O) groups excluding carboxylic acids is 7. The lowest BCUT2D eigenvalue weighted by atomic mass is 10.1. The third-order valence-electron chi connectivity index (χ3n) is 5.07. The smallest absolute Gasteiger partial charge is 0.248 e. The molecule has 0 aromatic heterocycles. The van der Waals surface area contributed by atoms with Crippen molar-refractivity contribution in [1.29, 1.82) is 0 Å². The summed E-state index contributed by atoms with van der Waals surface area (Å²) in [5.74, 6) is -5.59.